The molecule has 0 aromatic rings. The van der Waals surface area contributed by atoms with Gasteiger partial charge in [0.05, 0.1) is 0 Å². The summed E-state index contributed by atoms with van der Waals surface area (Å²) < 4.78 is 0. The molecule has 0 aliphatic carbocycles. The monoisotopic (exact) mass is 125 g/mol. The Morgan fingerprint density at radius 3 is 2.44 bits per heavy atom. The molecule has 1 heteroatoms. The molecule has 0 saturated carbocycles. The van der Waals surface area contributed by atoms with Crippen LogP contribution in [0.15, 0.2) is 24.5 Å². The fourth-order valence-electron chi connectivity index (χ4n) is 0.588. The van der Waals surface area contributed by atoms with Gasteiger partial charge in [-0.05, 0) is 32.3 Å². The Kier molecular flexibility index (Phi) is 6.70. The summed E-state index contributed by atoms with van der Waals surface area (Å²) in [4.78, 5) is 0. The molecule has 1 radical (unpaired) electrons. The summed E-state index contributed by atoms with van der Waals surface area (Å²) >= 11 is 0. The first-order valence-corrected chi connectivity index (χ1v) is 3.30. The lowest BCUT2D eigenvalue weighted by molar-refractivity contribution is 0.349. The minimum Gasteiger partial charge on any atom is -0.299 e. The second kappa shape index (κ2) is 7.28. The number of unbranched alkanes of at least 4 members (excludes halogenated alkanes) is 2. The van der Waals surface area contributed by atoms with Gasteiger partial charge in [-0.25, -0.2) is 0 Å². The zero-order valence-corrected chi connectivity index (χ0v) is 5.84. The van der Waals surface area contributed by atoms with E-state index in [-0.39, 0.29) is 0 Å². The molecule has 51 valence electrons. The van der Waals surface area contributed by atoms with Crippen molar-refractivity contribution in [3.05, 3.63) is 24.5 Å². The van der Waals surface area contributed by atoms with E-state index in [0.717, 1.165) is 25.5 Å². The molecule has 0 unspecified atom stereocenters. The maximum atomic E-state index is 9.76. The number of allylic oxidation sites excluding steroid dienone is 3. The molecule has 0 bridgehead atoms. The number of hydrogen-bond donors (Lipinski definition) is 0. The lowest BCUT2D eigenvalue weighted by Gasteiger charge is -1.85. The maximum absolute atomic E-state index is 9.76. The Morgan fingerprint density at radius 2 is 1.89 bits per heavy atom. The summed E-state index contributed by atoms with van der Waals surface area (Å²) in [5.74, 6) is 0. The van der Waals surface area contributed by atoms with Gasteiger partial charge in [0.15, 0.2) is 0 Å². The molecule has 1 nitrogen and oxygen atoms in total. The Labute approximate surface area is 56.7 Å². The highest BCUT2D eigenvalue weighted by Crippen LogP contribution is 1.96. The summed E-state index contributed by atoms with van der Waals surface area (Å²) in [5, 5.41) is 9.76. The molecule has 0 heterocycles. The maximum Gasteiger partial charge on any atom is 0.138 e. The molecule has 0 aliphatic rings. The Hall–Kier alpha value is -0.720. The first-order valence-electron chi connectivity index (χ1n) is 3.30. The third kappa shape index (κ3) is 7.28. The Bertz CT molecular complexity index is 80.7. The van der Waals surface area contributed by atoms with Gasteiger partial charge < -0.3 is 0 Å². The summed E-state index contributed by atoms with van der Waals surface area (Å²) in [7, 11) is 0. The van der Waals surface area contributed by atoms with Crippen molar-refractivity contribution in [2.24, 2.45) is 0 Å². The Balaban J connectivity index is 2.91. The van der Waals surface area contributed by atoms with Crippen molar-refractivity contribution >= 4 is 0 Å². The van der Waals surface area contributed by atoms with Gasteiger partial charge in [0.1, 0.15) is 6.26 Å². The minimum atomic E-state index is 0.857. The fraction of sp³-hybridized carbons (Fsp3) is 0.500. The van der Waals surface area contributed by atoms with Crippen LogP contribution in [-0.4, -0.2) is 0 Å². The molecule has 9 heavy (non-hydrogen) atoms. The number of rotatable bonds is 4. The van der Waals surface area contributed by atoms with E-state index in [1.807, 2.05) is 13.0 Å². The first-order chi connectivity index (χ1) is 4.41. The Morgan fingerprint density at radius 1 is 1.22 bits per heavy atom. The van der Waals surface area contributed by atoms with Crippen molar-refractivity contribution in [1.29, 1.82) is 0 Å². The van der Waals surface area contributed by atoms with Crippen LogP contribution in [0.1, 0.15) is 26.2 Å². The minimum absolute atomic E-state index is 0.857. The van der Waals surface area contributed by atoms with Crippen molar-refractivity contribution in [2.45, 2.75) is 26.2 Å². The first kappa shape index (κ1) is 8.28. The van der Waals surface area contributed by atoms with Crippen molar-refractivity contribution in [3.8, 4) is 0 Å². The zero-order chi connectivity index (χ0) is 6.95. The van der Waals surface area contributed by atoms with Crippen molar-refractivity contribution in [2.75, 3.05) is 0 Å². The SMILES string of the molecule is C/C=C/CCC/C=C/[O]. The van der Waals surface area contributed by atoms with Gasteiger partial charge in [-0.15, -0.1) is 0 Å². The predicted molar refractivity (Wildman–Crippen MR) is 38.5 cm³/mol. The van der Waals surface area contributed by atoms with E-state index in [1.54, 1.807) is 6.08 Å². The molecule has 0 aromatic heterocycles. The average Bonchev–Trinajstić information content (AvgIpc) is 1.89. The lowest BCUT2D eigenvalue weighted by Crippen LogP contribution is -1.67. The van der Waals surface area contributed by atoms with Crippen LogP contribution in [0.5, 0.6) is 0 Å². The van der Waals surface area contributed by atoms with Gasteiger partial charge in [0.2, 0.25) is 0 Å². The van der Waals surface area contributed by atoms with E-state index in [4.69, 9.17) is 0 Å². The highest BCUT2D eigenvalue weighted by atomic mass is 16.2. The molecule has 0 fully saturated rings. The van der Waals surface area contributed by atoms with Crippen LogP contribution in [0.25, 0.3) is 0 Å². The largest absolute Gasteiger partial charge is 0.299 e. The molecule has 0 spiro atoms. The topological polar surface area (TPSA) is 19.9 Å². The summed E-state index contributed by atoms with van der Waals surface area (Å²) in [6, 6.07) is 0. The summed E-state index contributed by atoms with van der Waals surface area (Å²) in [5.41, 5.74) is 0. The van der Waals surface area contributed by atoms with E-state index in [2.05, 4.69) is 6.08 Å². The molecule has 0 atom stereocenters. The van der Waals surface area contributed by atoms with Crippen molar-refractivity contribution in [3.63, 3.8) is 0 Å². The molecular formula is C8H13O. The van der Waals surface area contributed by atoms with Gasteiger partial charge in [0, 0.05) is 0 Å². The van der Waals surface area contributed by atoms with Crippen LogP contribution in [-0.2, 0) is 5.11 Å². The van der Waals surface area contributed by atoms with Crippen LogP contribution in [0.2, 0.25) is 0 Å². The third-order valence-corrected chi connectivity index (χ3v) is 1.07. The van der Waals surface area contributed by atoms with E-state index in [9.17, 15) is 5.11 Å². The average molecular weight is 125 g/mol. The molecule has 0 aliphatic heterocycles. The normalized spacial score (nSPS) is 11.7. The summed E-state index contributed by atoms with van der Waals surface area (Å²) in [6.07, 6.45) is 9.73. The van der Waals surface area contributed by atoms with Gasteiger partial charge in [0.25, 0.3) is 0 Å². The molecule has 0 rings (SSSR count). The predicted octanol–water partition coefficient (Wildman–Crippen LogP) is 2.68. The van der Waals surface area contributed by atoms with E-state index in [1.165, 1.54) is 0 Å². The standard InChI is InChI=1S/C8H13O/c1-2-3-4-5-6-7-8-9/h2-3,7-8H,4-6H2,1H3/b3-2+,8-7+. The van der Waals surface area contributed by atoms with E-state index >= 15 is 0 Å². The fourth-order valence-corrected chi connectivity index (χ4v) is 0.588. The molecule has 0 amide bonds. The van der Waals surface area contributed by atoms with Crippen LogP contribution in [0.4, 0.5) is 0 Å². The van der Waals surface area contributed by atoms with Gasteiger partial charge in [-0.2, -0.15) is 0 Å². The van der Waals surface area contributed by atoms with Crippen molar-refractivity contribution < 1.29 is 5.11 Å². The second-order valence-corrected chi connectivity index (χ2v) is 1.87. The van der Waals surface area contributed by atoms with Gasteiger partial charge >= 0.3 is 0 Å². The molecule has 0 N–H and O–H groups in total. The van der Waals surface area contributed by atoms with Crippen LogP contribution >= 0.6 is 0 Å². The molecular weight excluding hydrogens is 112 g/mol. The number of hydrogen-bond acceptors (Lipinski definition) is 0. The van der Waals surface area contributed by atoms with E-state index in [0.29, 0.717) is 0 Å². The zero-order valence-electron chi connectivity index (χ0n) is 5.84. The van der Waals surface area contributed by atoms with Gasteiger partial charge in [-0.3, -0.25) is 5.11 Å². The highest BCUT2D eigenvalue weighted by Gasteiger charge is 1.77. The molecule has 0 saturated heterocycles. The van der Waals surface area contributed by atoms with Crippen molar-refractivity contribution in [1.82, 2.24) is 0 Å². The lowest BCUT2D eigenvalue weighted by atomic mass is 10.2. The van der Waals surface area contributed by atoms with Crippen LogP contribution < -0.4 is 0 Å². The van der Waals surface area contributed by atoms with E-state index < -0.39 is 0 Å². The molecule has 0 aromatic carbocycles. The smallest absolute Gasteiger partial charge is 0.138 e. The van der Waals surface area contributed by atoms with Crippen LogP contribution in [0.3, 0.4) is 0 Å². The van der Waals surface area contributed by atoms with Gasteiger partial charge in [-0.1, -0.05) is 12.2 Å². The van der Waals surface area contributed by atoms with Crippen LogP contribution in [0, 0.1) is 0 Å². The summed E-state index contributed by atoms with van der Waals surface area (Å²) in [6.45, 7) is 2.00. The highest BCUT2D eigenvalue weighted by molar-refractivity contribution is 4.79. The quantitative estimate of drug-likeness (QED) is 0.313. The second-order valence-electron chi connectivity index (χ2n) is 1.87. The third-order valence-electron chi connectivity index (χ3n) is 1.07.